The van der Waals surface area contributed by atoms with Crippen LogP contribution in [-0.4, -0.2) is 29.6 Å². The van der Waals surface area contributed by atoms with Crippen LogP contribution in [0, 0.1) is 19.8 Å². The van der Waals surface area contributed by atoms with E-state index in [1.807, 2.05) is 39.8 Å². The summed E-state index contributed by atoms with van der Waals surface area (Å²) < 4.78 is 0. The van der Waals surface area contributed by atoms with E-state index in [-0.39, 0.29) is 18.6 Å². The van der Waals surface area contributed by atoms with Crippen molar-refractivity contribution in [3.05, 3.63) is 29.3 Å². The summed E-state index contributed by atoms with van der Waals surface area (Å²) in [6.45, 7) is 7.77. The van der Waals surface area contributed by atoms with Crippen LogP contribution in [0.5, 0.6) is 0 Å². The standard InChI is InChI=1S/C16H24N2O3/c1-10(2)14(7-8-19)18-16(21)15(20)17-13-6-5-11(3)12(4)9-13/h5-6,9-10,14,19H,7-8H2,1-4H3,(H,17,20)(H,18,21). The minimum Gasteiger partial charge on any atom is -0.396 e. The molecule has 0 spiro atoms. The first-order valence-electron chi connectivity index (χ1n) is 7.15. The summed E-state index contributed by atoms with van der Waals surface area (Å²) in [6, 6.07) is 5.27. The molecule has 1 rings (SSSR count). The Bertz CT molecular complexity index is 512. The smallest absolute Gasteiger partial charge is 0.313 e. The molecule has 1 aromatic rings. The molecule has 0 radical (unpaired) electrons. The molecule has 0 aromatic heterocycles. The Labute approximate surface area is 125 Å². The first-order chi connectivity index (χ1) is 9.85. The number of rotatable bonds is 5. The second kappa shape index (κ2) is 7.78. The molecule has 5 nitrogen and oxygen atoms in total. The van der Waals surface area contributed by atoms with Gasteiger partial charge >= 0.3 is 11.8 Å². The molecule has 3 N–H and O–H groups in total. The minimum absolute atomic E-state index is 0.0259. The Morgan fingerprint density at radius 3 is 2.33 bits per heavy atom. The van der Waals surface area contributed by atoms with Crippen LogP contribution >= 0.6 is 0 Å². The van der Waals surface area contributed by atoms with Crippen LogP contribution in [0.3, 0.4) is 0 Å². The molecular formula is C16H24N2O3. The van der Waals surface area contributed by atoms with Gasteiger partial charge < -0.3 is 15.7 Å². The lowest BCUT2D eigenvalue weighted by Gasteiger charge is -2.21. The molecule has 0 aliphatic carbocycles. The highest BCUT2D eigenvalue weighted by atomic mass is 16.3. The average Bonchev–Trinajstić information content (AvgIpc) is 2.42. The summed E-state index contributed by atoms with van der Waals surface area (Å²) in [4.78, 5) is 23.8. The van der Waals surface area contributed by atoms with Crippen molar-refractivity contribution in [2.75, 3.05) is 11.9 Å². The topological polar surface area (TPSA) is 78.4 Å². The number of aryl methyl sites for hydroxylation is 2. The Hall–Kier alpha value is -1.88. The van der Waals surface area contributed by atoms with E-state index in [9.17, 15) is 9.59 Å². The Morgan fingerprint density at radius 1 is 1.14 bits per heavy atom. The van der Waals surface area contributed by atoms with E-state index in [0.29, 0.717) is 12.1 Å². The van der Waals surface area contributed by atoms with Gasteiger partial charge in [-0.05, 0) is 49.4 Å². The lowest BCUT2D eigenvalue weighted by atomic mass is 10.0. The molecule has 0 bridgehead atoms. The molecule has 0 saturated heterocycles. The molecule has 116 valence electrons. The van der Waals surface area contributed by atoms with Gasteiger partial charge in [-0.1, -0.05) is 19.9 Å². The molecule has 1 unspecified atom stereocenters. The largest absolute Gasteiger partial charge is 0.396 e. The third-order valence-electron chi connectivity index (χ3n) is 3.53. The summed E-state index contributed by atoms with van der Waals surface area (Å²) >= 11 is 0. The van der Waals surface area contributed by atoms with Crippen molar-refractivity contribution < 1.29 is 14.7 Å². The normalized spacial score (nSPS) is 12.1. The first kappa shape index (κ1) is 17.2. The molecule has 5 heteroatoms. The zero-order valence-electron chi connectivity index (χ0n) is 13.1. The zero-order chi connectivity index (χ0) is 16.0. The Balaban J connectivity index is 2.65. The van der Waals surface area contributed by atoms with Crippen molar-refractivity contribution in [3.63, 3.8) is 0 Å². The maximum atomic E-state index is 11.9. The number of hydrogen-bond donors (Lipinski definition) is 3. The fourth-order valence-electron chi connectivity index (χ4n) is 1.95. The van der Waals surface area contributed by atoms with Crippen LogP contribution in [0.2, 0.25) is 0 Å². The Morgan fingerprint density at radius 2 is 1.81 bits per heavy atom. The fraction of sp³-hybridized carbons (Fsp3) is 0.500. The highest BCUT2D eigenvalue weighted by molar-refractivity contribution is 6.39. The van der Waals surface area contributed by atoms with Gasteiger partial charge in [-0.3, -0.25) is 9.59 Å². The highest BCUT2D eigenvalue weighted by Gasteiger charge is 2.20. The predicted octanol–water partition coefficient (Wildman–Crippen LogP) is 1.77. The number of hydrogen-bond acceptors (Lipinski definition) is 3. The van der Waals surface area contributed by atoms with E-state index in [2.05, 4.69) is 10.6 Å². The second-order valence-electron chi connectivity index (χ2n) is 5.59. The third-order valence-corrected chi connectivity index (χ3v) is 3.53. The van der Waals surface area contributed by atoms with Crippen LogP contribution in [0.4, 0.5) is 5.69 Å². The zero-order valence-corrected chi connectivity index (χ0v) is 13.1. The molecule has 0 fully saturated rings. The van der Waals surface area contributed by atoms with Gasteiger partial charge in [0.05, 0.1) is 0 Å². The molecular weight excluding hydrogens is 268 g/mol. The second-order valence-corrected chi connectivity index (χ2v) is 5.59. The van der Waals surface area contributed by atoms with Crippen molar-refractivity contribution in [2.24, 2.45) is 5.92 Å². The molecule has 21 heavy (non-hydrogen) atoms. The minimum atomic E-state index is -0.693. The summed E-state index contributed by atoms with van der Waals surface area (Å²) in [5.41, 5.74) is 2.77. The first-order valence-corrected chi connectivity index (χ1v) is 7.15. The summed E-state index contributed by atoms with van der Waals surface area (Å²) in [7, 11) is 0. The molecule has 0 aliphatic heterocycles. The van der Waals surface area contributed by atoms with Crippen molar-refractivity contribution in [3.8, 4) is 0 Å². The van der Waals surface area contributed by atoms with Gasteiger partial charge in [0.15, 0.2) is 0 Å². The van der Waals surface area contributed by atoms with Crippen LogP contribution in [0.25, 0.3) is 0 Å². The van der Waals surface area contributed by atoms with Crippen molar-refractivity contribution in [2.45, 2.75) is 40.2 Å². The molecule has 0 aliphatic rings. The fourth-order valence-corrected chi connectivity index (χ4v) is 1.95. The number of amides is 2. The predicted molar refractivity (Wildman–Crippen MR) is 83.0 cm³/mol. The molecule has 1 atom stereocenters. The van der Waals surface area contributed by atoms with Crippen molar-refractivity contribution >= 4 is 17.5 Å². The van der Waals surface area contributed by atoms with Crippen LogP contribution in [0.15, 0.2) is 18.2 Å². The lowest BCUT2D eigenvalue weighted by molar-refractivity contribution is -0.136. The molecule has 2 amide bonds. The van der Waals surface area contributed by atoms with E-state index in [4.69, 9.17) is 5.11 Å². The quantitative estimate of drug-likeness (QED) is 0.724. The average molecular weight is 292 g/mol. The summed E-state index contributed by atoms with van der Waals surface area (Å²) in [5, 5.41) is 14.2. The molecule has 1 aromatic carbocycles. The SMILES string of the molecule is Cc1ccc(NC(=O)C(=O)NC(CCO)C(C)C)cc1C. The third kappa shape index (κ3) is 5.19. The van der Waals surface area contributed by atoms with E-state index < -0.39 is 11.8 Å². The summed E-state index contributed by atoms with van der Waals surface area (Å²) in [6.07, 6.45) is 0.431. The van der Waals surface area contributed by atoms with Gasteiger partial charge in [0, 0.05) is 18.3 Å². The number of benzene rings is 1. The Kier molecular flexibility index (Phi) is 6.37. The number of anilines is 1. The van der Waals surface area contributed by atoms with Gasteiger partial charge in [0.2, 0.25) is 0 Å². The monoisotopic (exact) mass is 292 g/mol. The van der Waals surface area contributed by atoms with Crippen molar-refractivity contribution in [1.29, 1.82) is 0 Å². The number of aliphatic hydroxyl groups excluding tert-OH is 1. The van der Waals surface area contributed by atoms with Gasteiger partial charge in [0.25, 0.3) is 0 Å². The number of carbonyl (C=O) groups is 2. The number of carbonyl (C=O) groups excluding carboxylic acids is 2. The van der Waals surface area contributed by atoms with Gasteiger partial charge in [-0.2, -0.15) is 0 Å². The van der Waals surface area contributed by atoms with E-state index in [0.717, 1.165) is 11.1 Å². The van der Waals surface area contributed by atoms with Gasteiger partial charge in [-0.15, -0.1) is 0 Å². The van der Waals surface area contributed by atoms with Gasteiger partial charge in [-0.25, -0.2) is 0 Å². The summed E-state index contributed by atoms with van der Waals surface area (Å²) in [5.74, 6) is -1.22. The molecule has 0 saturated carbocycles. The lowest BCUT2D eigenvalue weighted by Crippen LogP contribution is -2.44. The van der Waals surface area contributed by atoms with Gasteiger partial charge in [0.1, 0.15) is 0 Å². The van der Waals surface area contributed by atoms with E-state index in [1.165, 1.54) is 0 Å². The van der Waals surface area contributed by atoms with Crippen molar-refractivity contribution in [1.82, 2.24) is 5.32 Å². The van der Waals surface area contributed by atoms with Crippen LogP contribution in [0.1, 0.15) is 31.4 Å². The van der Waals surface area contributed by atoms with E-state index >= 15 is 0 Å². The number of aliphatic hydroxyl groups is 1. The highest BCUT2D eigenvalue weighted by Crippen LogP contribution is 2.14. The molecule has 0 heterocycles. The van der Waals surface area contributed by atoms with Crippen LogP contribution < -0.4 is 10.6 Å². The van der Waals surface area contributed by atoms with Crippen LogP contribution in [-0.2, 0) is 9.59 Å². The number of nitrogens with one attached hydrogen (secondary N) is 2. The van der Waals surface area contributed by atoms with E-state index in [1.54, 1.807) is 6.07 Å². The maximum Gasteiger partial charge on any atom is 0.313 e. The maximum absolute atomic E-state index is 11.9.